The number of sulfone groups is 1. The first-order valence-electron chi connectivity index (χ1n) is 11.0. The van der Waals surface area contributed by atoms with Crippen molar-refractivity contribution < 1.29 is 22.7 Å². The molecule has 2 aromatic carbocycles. The number of nitrogens with one attached hydrogen (secondary N) is 1. The molecule has 32 heavy (non-hydrogen) atoms. The Labute approximate surface area is 188 Å². The minimum absolute atomic E-state index is 0.121. The predicted octanol–water partition coefficient (Wildman–Crippen LogP) is 3.58. The molecule has 0 radical (unpaired) electrons. The summed E-state index contributed by atoms with van der Waals surface area (Å²) < 4.78 is 31.8. The van der Waals surface area contributed by atoms with Gasteiger partial charge in [0.1, 0.15) is 5.75 Å². The van der Waals surface area contributed by atoms with Gasteiger partial charge in [-0.2, -0.15) is 0 Å². The van der Waals surface area contributed by atoms with Gasteiger partial charge in [-0.05, 0) is 69.0 Å². The van der Waals surface area contributed by atoms with E-state index >= 15 is 0 Å². The van der Waals surface area contributed by atoms with E-state index in [9.17, 15) is 18.0 Å². The topological polar surface area (TPSA) is 92.8 Å². The van der Waals surface area contributed by atoms with Crippen LogP contribution in [0, 0.1) is 5.92 Å². The van der Waals surface area contributed by atoms with E-state index in [0.29, 0.717) is 31.0 Å². The van der Waals surface area contributed by atoms with Crippen LogP contribution in [0.1, 0.15) is 38.7 Å². The average Bonchev–Trinajstić information content (AvgIpc) is 3.53. The summed E-state index contributed by atoms with van der Waals surface area (Å²) in [5, 5.41) is 1.86. The third-order valence-corrected chi connectivity index (χ3v) is 8.07. The first kappa shape index (κ1) is 22.3. The van der Waals surface area contributed by atoms with E-state index in [2.05, 4.69) is 5.32 Å². The number of benzene rings is 2. The molecule has 1 fully saturated rings. The van der Waals surface area contributed by atoms with Gasteiger partial charge in [-0.15, -0.1) is 0 Å². The van der Waals surface area contributed by atoms with Crippen LogP contribution in [0.4, 0.5) is 11.4 Å². The number of hydrogen-bond acceptors (Lipinski definition) is 5. The molecule has 0 unspecified atom stereocenters. The Balaban J connectivity index is 1.45. The maximum Gasteiger partial charge on any atom is 0.230 e. The van der Waals surface area contributed by atoms with E-state index in [1.807, 2.05) is 6.92 Å². The van der Waals surface area contributed by atoms with Crippen LogP contribution >= 0.6 is 0 Å². The Bertz CT molecular complexity index is 1140. The number of carbonyl (C=O) groups excluding carboxylic acids is 2. The summed E-state index contributed by atoms with van der Waals surface area (Å²) in [6, 6.07) is 12.0. The van der Waals surface area contributed by atoms with Gasteiger partial charge < -0.3 is 15.0 Å². The number of rotatable bonds is 8. The van der Waals surface area contributed by atoms with Gasteiger partial charge in [-0.3, -0.25) is 9.59 Å². The fourth-order valence-electron chi connectivity index (χ4n) is 3.99. The number of para-hydroxylation sites is 2. The van der Waals surface area contributed by atoms with Gasteiger partial charge in [0.15, 0.2) is 9.84 Å². The molecule has 7 nitrogen and oxygen atoms in total. The third-order valence-electron chi connectivity index (χ3n) is 5.93. The molecule has 0 spiro atoms. The molecule has 1 atom stereocenters. The second kappa shape index (κ2) is 8.94. The second-order valence-electron chi connectivity index (χ2n) is 8.34. The van der Waals surface area contributed by atoms with Crippen molar-refractivity contribution >= 4 is 33.0 Å². The largest absolute Gasteiger partial charge is 0.492 e. The van der Waals surface area contributed by atoms with Crippen molar-refractivity contribution in [1.29, 1.82) is 0 Å². The van der Waals surface area contributed by atoms with E-state index in [0.717, 1.165) is 24.1 Å². The van der Waals surface area contributed by atoms with E-state index in [1.165, 1.54) is 0 Å². The molecular weight excluding hydrogens is 428 g/mol. The minimum Gasteiger partial charge on any atom is -0.492 e. The lowest BCUT2D eigenvalue weighted by Crippen LogP contribution is -2.30. The first-order chi connectivity index (χ1) is 15.3. The Hall–Kier alpha value is -2.87. The Morgan fingerprint density at radius 1 is 1.19 bits per heavy atom. The highest BCUT2D eigenvalue weighted by molar-refractivity contribution is 7.92. The fraction of sp³-hybridized carbons (Fsp3) is 0.417. The second-order valence-corrected chi connectivity index (χ2v) is 10.7. The van der Waals surface area contributed by atoms with Crippen molar-refractivity contribution in [1.82, 2.24) is 0 Å². The summed E-state index contributed by atoms with van der Waals surface area (Å²) >= 11 is 0. The quantitative estimate of drug-likeness (QED) is 0.656. The van der Waals surface area contributed by atoms with E-state index < -0.39 is 21.0 Å². The van der Waals surface area contributed by atoms with Gasteiger partial charge in [-0.1, -0.05) is 12.1 Å². The molecule has 0 aromatic heterocycles. The molecule has 0 bridgehead atoms. The highest BCUT2D eigenvalue weighted by atomic mass is 32.2. The van der Waals surface area contributed by atoms with Crippen molar-refractivity contribution in [3.63, 3.8) is 0 Å². The average molecular weight is 457 g/mol. The summed E-state index contributed by atoms with van der Waals surface area (Å²) in [6.07, 6.45) is 2.34. The van der Waals surface area contributed by atoms with Crippen LogP contribution in [-0.2, 0) is 25.8 Å². The number of anilines is 2. The number of amides is 2. The molecule has 2 aliphatic rings. The molecule has 1 aliphatic heterocycles. The van der Waals surface area contributed by atoms with Crippen molar-refractivity contribution in [2.24, 2.45) is 5.92 Å². The van der Waals surface area contributed by atoms with Crippen LogP contribution in [0.25, 0.3) is 0 Å². The molecule has 0 saturated heterocycles. The van der Waals surface area contributed by atoms with E-state index in [-0.39, 0.29) is 23.1 Å². The van der Waals surface area contributed by atoms with Crippen LogP contribution < -0.4 is 15.0 Å². The molecule has 1 N–H and O–H groups in total. The first-order valence-corrected chi connectivity index (χ1v) is 12.6. The highest BCUT2D eigenvalue weighted by Gasteiger charge is 2.37. The monoisotopic (exact) mass is 456 g/mol. The zero-order valence-corrected chi connectivity index (χ0v) is 19.2. The summed E-state index contributed by atoms with van der Waals surface area (Å²) in [4.78, 5) is 27.0. The van der Waals surface area contributed by atoms with Crippen LogP contribution in [-0.4, -0.2) is 38.6 Å². The van der Waals surface area contributed by atoms with E-state index in [1.54, 1.807) is 54.3 Å². The lowest BCUT2D eigenvalue weighted by atomic mass is 10.2. The molecular formula is C24H28N2O5S. The molecule has 1 saturated carbocycles. The third kappa shape index (κ3) is 4.50. The van der Waals surface area contributed by atoms with Crippen molar-refractivity contribution in [2.75, 3.05) is 23.4 Å². The Morgan fingerprint density at radius 2 is 1.94 bits per heavy atom. The number of ether oxygens (including phenoxy) is 1. The van der Waals surface area contributed by atoms with Crippen molar-refractivity contribution in [2.45, 2.75) is 49.7 Å². The molecule has 8 heteroatoms. The Kier molecular flexibility index (Phi) is 6.24. The fourth-order valence-corrected chi connectivity index (χ4v) is 5.39. The van der Waals surface area contributed by atoms with Crippen molar-refractivity contribution in [3.05, 3.63) is 48.0 Å². The van der Waals surface area contributed by atoms with Crippen molar-refractivity contribution in [3.8, 4) is 5.75 Å². The zero-order chi connectivity index (χ0) is 22.9. The lowest BCUT2D eigenvalue weighted by Gasteiger charge is -2.18. The number of nitrogens with zero attached hydrogens (tertiary/aromatic N) is 1. The normalized spacial score (nSPS) is 16.4. The molecule has 170 valence electrons. The van der Waals surface area contributed by atoms with Gasteiger partial charge in [-0.25, -0.2) is 8.42 Å². The lowest BCUT2D eigenvalue weighted by molar-refractivity contribution is -0.119. The standard InChI is InChI=1S/C24H28N2O5S/c1-3-31-22-7-5-4-6-20(22)25-23(27)14-16(2)32(29,30)19-10-11-21-18(15-19)12-13-26(21)24(28)17-8-9-17/h4-7,10-11,15-17H,3,8-9,12-14H2,1-2H3,(H,25,27)/t16-/m1/s1. The van der Waals surface area contributed by atoms with Crippen LogP contribution in [0.5, 0.6) is 5.75 Å². The summed E-state index contributed by atoms with van der Waals surface area (Å²) in [6.45, 7) is 4.44. The van der Waals surface area contributed by atoms with Crippen LogP contribution in [0.2, 0.25) is 0 Å². The van der Waals surface area contributed by atoms with Gasteiger partial charge >= 0.3 is 0 Å². The predicted molar refractivity (Wildman–Crippen MR) is 123 cm³/mol. The zero-order valence-electron chi connectivity index (χ0n) is 18.3. The number of fused-ring (bicyclic) bond motifs is 1. The molecule has 1 heterocycles. The number of carbonyl (C=O) groups is 2. The van der Waals surface area contributed by atoms with E-state index in [4.69, 9.17) is 4.74 Å². The van der Waals surface area contributed by atoms with Crippen LogP contribution in [0.3, 0.4) is 0 Å². The molecule has 1 aliphatic carbocycles. The SMILES string of the molecule is CCOc1ccccc1NC(=O)C[C@@H](C)S(=O)(=O)c1ccc2c(c1)CCN2C(=O)C1CC1. The molecule has 2 amide bonds. The Morgan fingerprint density at radius 3 is 2.66 bits per heavy atom. The van der Waals surface area contributed by atoms with Gasteiger partial charge in [0.2, 0.25) is 11.8 Å². The van der Waals surface area contributed by atoms with Gasteiger partial charge in [0.05, 0.1) is 22.4 Å². The maximum absolute atomic E-state index is 13.1. The van der Waals surface area contributed by atoms with Crippen LogP contribution in [0.15, 0.2) is 47.4 Å². The van der Waals surface area contributed by atoms with Gasteiger partial charge in [0, 0.05) is 24.6 Å². The summed E-state index contributed by atoms with van der Waals surface area (Å²) in [5.74, 6) is 0.408. The highest BCUT2D eigenvalue weighted by Crippen LogP contribution is 2.37. The summed E-state index contributed by atoms with van der Waals surface area (Å²) in [5.41, 5.74) is 2.18. The van der Waals surface area contributed by atoms with Gasteiger partial charge in [0.25, 0.3) is 0 Å². The molecule has 4 rings (SSSR count). The number of hydrogen-bond donors (Lipinski definition) is 1. The summed E-state index contributed by atoms with van der Waals surface area (Å²) in [7, 11) is -3.71. The molecule has 2 aromatic rings. The smallest absolute Gasteiger partial charge is 0.230 e. The maximum atomic E-state index is 13.1. The minimum atomic E-state index is -3.71.